The molecule has 0 aliphatic heterocycles. The fraction of sp³-hybridized carbons (Fsp3) is 0.300. The Morgan fingerprint density at radius 3 is 2.58 bits per heavy atom. The Morgan fingerprint density at radius 1 is 1.42 bits per heavy atom. The van der Waals surface area contributed by atoms with Crippen molar-refractivity contribution >= 4 is 5.71 Å². The highest BCUT2D eigenvalue weighted by Gasteiger charge is 1.83. The van der Waals surface area contributed by atoms with Crippen molar-refractivity contribution in [1.82, 2.24) is 5.32 Å². The number of rotatable bonds is 4. The maximum atomic E-state index is 4.23. The Bertz CT molecular complexity index is 222. The van der Waals surface area contributed by atoms with E-state index in [0.717, 1.165) is 11.4 Å². The lowest BCUT2D eigenvalue weighted by Crippen LogP contribution is -1.93. The molecule has 0 aliphatic carbocycles. The maximum absolute atomic E-state index is 4.23. The SMILES string of the molecule is C=CC(C)=N/C(C)=C/N/C=C\C. The molecule has 0 aromatic heterocycles. The van der Waals surface area contributed by atoms with Gasteiger partial charge in [0.25, 0.3) is 0 Å². The van der Waals surface area contributed by atoms with Crippen LogP contribution >= 0.6 is 0 Å². The molecule has 0 radical (unpaired) electrons. The molecule has 1 N–H and O–H groups in total. The molecule has 2 heteroatoms. The van der Waals surface area contributed by atoms with Crippen LogP contribution in [0.4, 0.5) is 0 Å². The Hall–Kier alpha value is -1.31. The first kappa shape index (κ1) is 10.7. The minimum absolute atomic E-state index is 0.922. The number of hydrogen-bond donors (Lipinski definition) is 1. The molecule has 0 saturated carbocycles. The maximum Gasteiger partial charge on any atom is 0.0535 e. The van der Waals surface area contributed by atoms with Gasteiger partial charge in [0.05, 0.1) is 5.70 Å². The summed E-state index contributed by atoms with van der Waals surface area (Å²) < 4.78 is 0. The summed E-state index contributed by atoms with van der Waals surface area (Å²) in [5, 5.41) is 2.98. The summed E-state index contributed by atoms with van der Waals surface area (Å²) in [7, 11) is 0. The zero-order valence-corrected chi connectivity index (χ0v) is 7.96. The lowest BCUT2D eigenvalue weighted by Gasteiger charge is -1.94. The van der Waals surface area contributed by atoms with Crippen molar-refractivity contribution in [1.29, 1.82) is 0 Å². The fourth-order valence-electron chi connectivity index (χ4n) is 0.621. The molecule has 0 bridgehead atoms. The standard InChI is InChI=1S/C10H16N2/c1-5-7-11-8-10(4)12-9(3)6-2/h5-8,11H,2H2,1,3-4H3/b7-5-,10-8+,12-9?. The predicted molar refractivity (Wildman–Crippen MR) is 55.0 cm³/mol. The summed E-state index contributed by atoms with van der Waals surface area (Å²) in [6.07, 6.45) is 7.34. The molecule has 66 valence electrons. The third kappa shape index (κ3) is 5.47. The van der Waals surface area contributed by atoms with Gasteiger partial charge in [-0.2, -0.15) is 0 Å². The van der Waals surface area contributed by atoms with Gasteiger partial charge in [0.15, 0.2) is 0 Å². The number of nitrogens with one attached hydrogen (secondary N) is 1. The summed E-state index contributed by atoms with van der Waals surface area (Å²) in [6.45, 7) is 9.42. The summed E-state index contributed by atoms with van der Waals surface area (Å²) in [4.78, 5) is 4.23. The Balaban J connectivity index is 4.09. The Labute approximate surface area is 74.4 Å². The first-order valence-electron chi connectivity index (χ1n) is 3.92. The normalized spacial score (nSPS) is 13.6. The van der Waals surface area contributed by atoms with E-state index in [0.29, 0.717) is 0 Å². The van der Waals surface area contributed by atoms with E-state index in [-0.39, 0.29) is 0 Å². The molecule has 0 atom stereocenters. The Kier molecular flexibility index (Phi) is 5.70. The smallest absolute Gasteiger partial charge is 0.0535 e. The van der Waals surface area contributed by atoms with Crippen molar-refractivity contribution in [2.75, 3.05) is 0 Å². The van der Waals surface area contributed by atoms with Crippen LogP contribution in [0.3, 0.4) is 0 Å². The molecule has 0 heterocycles. The average molecular weight is 164 g/mol. The largest absolute Gasteiger partial charge is 0.366 e. The molecule has 0 saturated heterocycles. The van der Waals surface area contributed by atoms with Gasteiger partial charge in [0.2, 0.25) is 0 Å². The second kappa shape index (κ2) is 6.40. The number of hydrogen-bond acceptors (Lipinski definition) is 2. The van der Waals surface area contributed by atoms with E-state index >= 15 is 0 Å². The highest BCUT2D eigenvalue weighted by molar-refractivity contribution is 5.92. The van der Waals surface area contributed by atoms with Crippen LogP contribution in [0.5, 0.6) is 0 Å². The number of allylic oxidation sites excluding steroid dienone is 3. The van der Waals surface area contributed by atoms with Crippen LogP contribution in [0.2, 0.25) is 0 Å². The van der Waals surface area contributed by atoms with E-state index in [2.05, 4.69) is 16.9 Å². The molecule has 0 spiro atoms. The van der Waals surface area contributed by atoms with E-state index in [4.69, 9.17) is 0 Å². The van der Waals surface area contributed by atoms with E-state index < -0.39 is 0 Å². The molecule has 0 aromatic carbocycles. The third-order valence-corrected chi connectivity index (χ3v) is 1.20. The van der Waals surface area contributed by atoms with Crippen molar-refractivity contribution in [2.24, 2.45) is 4.99 Å². The molecule has 12 heavy (non-hydrogen) atoms. The quantitative estimate of drug-likeness (QED) is 0.634. The third-order valence-electron chi connectivity index (χ3n) is 1.20. The minimum atomic E-state index is 0.922. The van der Waals surface area contributed by atoms with E-state index in [1.165, 1.54) is 0 Å². The molecule has 2 nitrogen and oxygen atoms in total. The topological polar surface area (TPSA) is 24.4 Å². The molecular weight excluding hydrogens is 148 g/mol. The van der Waals surface area contributed by atoms with Crippen molar-refractivity contribution in [3.8, 4) is 0 Å². The molecule has 0 aliphatic rings. The first-order valence-corrected chi connectivity index (χ1v) is 3.92. The van der Waals surface area contributed by atoms with Gasteiger partial charge in [0, 0.05) is 11.9 Å². The van der Waals surface area contributed by atoms with Gasteiger partial charge in [0.1, 0.15) is 0 Å². The second-order valence-electron chi connectivity index (χ2n) is 2.41. The highest BCUT2D eigenvalue weighted by Crippen LogP contribution is 1.93. The summed E-state index contributed by atoms with van der Waals surface area (Å²) in [5.74, 6) is 0. The van der Waals surface area contributed by atoms with Gasteiger partial charge in [-0.05, 0) is 33.0 Å². The summed E-state index contributed by atoms with van der Waals surface area (Å²) in [5.41, 5.74) is 1.86. The van der Waals surface area contributed by atoms with Crippen LogP contribution in [0, 0.1) is 0 Å². The van der Waals surface area contributed by atoms with Gasteiger partial charge in [-0.25, -0.2) is 0 Å². The lowest BCUT2D eigenvalue weighted by atomic mass is 10.4. The number of nitrogens with zero attached hydrogens (tertiary/aromatic N) is 1. The molecule has 0 unspecified atom stereocenters. The minimum Gasteiger partial charge on any atom is -0.366 e. The molecule has 0 rings (SSSR count). The fourth-order valence-corrected chi connectivity index (χ4v) is 0.621. The Morgan fingerprint density at radius 2 is 2.08 bits per heavy atom. The van der Waals surface area contributed by atoms with Crippen LogP contribution < -0.4 is 5.32 Å². The van der Waals surface area contributed by atoms with E-state index in [1.54, 1.807) is 6.08 Å². The van der Waals surface area contributed by atoms with Crippen LogP contribution in [0.1, 0.15) is 20.8 Å². The van der Waals surface area contributed by atoms with Gasteiger partial charge in [-0.15, -0.1) is 0 Å². The predicted octanol–water partition coefficient (Wildman–Crippen LogP) is 2.62. The zero-order valence-electron chi connectivity index (χ0n) is 7.96. The highest BCUT2D eigenvalue weighted by atomic mass is 14.8. The van der Waals surface area contributed by atoms with E-state index in [1.807, 2.05) is 39.2 Å². The van der Waals surface area contributed by atoms with Crippen LogP contribution in [-0.2, 0) is 0 Å². The first-order chi connectivity index (χ1) is 5.70. The second-order valence-corrected chi connectivity index (χ2v) is 2.41. The zero-order chi connectivity index (χ0) is 9.40. The van der Waals surface area contributed by atoms with Crippen molar-refractivity contribution in [2.45, 2.75) is 20.8 Å². The molecular formula is C10H16N2. The average Bonchev–Trinajstić information content (AvgIpc) is 2.05. The van der Waals surface area contributed by atoms with Crippen molar-refractivity contribution in [3.63, 3.8) is 0 Å². The van der Waals surface area contributed by atoms with Crippen LogP contribution in [0.25, 0.3) is 0 Å². The van der Waals surface area contributed by atoms with Gasteiger partial charge in [-0.3, -0.25) is 4.99 Å². The van der Waals surface area contributed by atoms with Crippen molar-refractivity contribution in [3.05, 3.63) is 36.8 Å². The van der Waals surface area contributed by atoms with Crippen molar-refractivity contribution < 1.29 is 0 Å². The van der Waals surface area contributed by atoms with Crippen LogP contribution in [0.15, 0.2) is 41.8 Å². The molecule has 0 fully saturated rings. The lowest BCUT2D eigenvalue weighted by molar-refractivity contribution is 1.12. The van der Waals surface area contributed by atoms with Gasteiger partial charge in [-0.1, -0.05) is 12.7 Å². The van der Waals surface area contributed by atoms with Crippen LogP contribution in [-0.4, -0.2) is 5.71 Å². The van der Waals surface area contributed by atoms with E-state index in [9.17, 15) is 0 Å². The summed E-state index contributed by atoms with van der Waals surface area (Å²) in [6, 6.07) is 0. The molecule has 0 aromatic rings. The summed E-state index contributed by atoms with van der Waals surface area (Å²) >= 11 is 0. The number of aliphatic imine (C=N–C) groups is 1. The molecule has 0 amide bonds. The van der Waals surface area contributed by atoms with Gasteiger partial charge >= 0.3 is 0 Å². The monoisotopic (exact) mass is 164 g/mol. The van der Waals surface area contributed by atoms with Gasteiger partial charge < -0.3 is 5.32 Å².